The molecule has 1 unspecified atom stereocenters. The van der Waals surface area contributed by atoms with Crippen LogP contribution in [0.1, 0.15) is 26.2 Å². The van der Waals surface area contributed by atoms with Crippen LogP contribution in [0.15, 0.2) is 34.1 Å². The van der Waals surface area contributed by atoms with Crippen molar-refractivity contribution in [3.05, 3.63) is 24.3 Å². The number of carbonyl (C=O) groups is 1. The highest BCUT2D eigenvalue weighted by molar-refractivity contribution is 7.90. The van der Waals surface area contributed by atoms with Gasteiger partial charge >= 0.3 is 5.97 Å². The minimum Gasteiger partial charge on any atom is -0.480 e. The van der Waals surface area contributed by atoms with Gasteiger partial charge < -0.3 is 5.11 Å². The SMILES string of the molecule is CCCCC(NS(=O)(=O)c1ccc(S(C)(=O)=O)cc1)C(=O)O. The summed E-state index contributed by atoms with van der Waals surface area (Å²) in [5.74, 6) is -1.25. The monoisotopic (exact) mass is 349 g/mol. The minimum absolute atomic E-state index is 0.00721. The Labute approximate surface area is 130 Å². The van der Waals surface area contributed by atoms with Gasteiger partial charge in [0, 0.05) is 6.26 Å². The van der Waals surface area contributed by atoms with E-state index in [0.29, 0.717) is 6.42 Å². The van der Waals surface area contributed by atoms with Gasteiger partial charge in [0.1, 0.15) is 6.04 Å². The molecule has 0 spiro atoms. The van der Waals surface area contributed by atoms with Gasteiger partial charge in [0.25, 0.3) is 0 Å². The number of hydrogen-bond acceptors (Lipinski definition) is 5. The zero-order chi connectivity index (χ0) is 17.0. The molecule has 0 bridgehead atoms. The van der Waals surface area contributed by atoms with E-state index in [0.717, 1.165) is 24.8 Å². The lowest BCUT2D eigenvalue weighted by atomic mass is 10.1. The molecule has 0 aliphatic carbocycles. The Balaban J connectivity index is 3.00. The Kier molecular flexibility index (Phi) is 6.09. The molecule has 1 atom stereocenters. The van der Waals surface area contributed by atoms with Crippen molar-refractivity contribution in [1.82, 2.24) is 4.72 Å². The fraction of sp³-hybridized carbons (Fsp3) is 0.462. The zero-order valence-corrected chi connectivity index (χ0v) is 13.9. The number of carboxylic acids is 1. The topological polar surface area (TPSA) is 118 Å². The van der Waals surface area contributed by atoms with Gasteiger partial charge in [-0.1, -0.05) is 19.8 Å². The van der Waals surface area contributed by atoms with Crippen molar-refractivity contribution in [2.75, 3.05) is 6.26 Å². The van der Waals surface area contributed by atoms with Crippen molar-refractivity contribution in [3.8, 4) is 0 Å². The second kappa shape index (κ2) is 7.21. The van der Waals surface area contributed by atoms with Gasteiger partial charge in [-0.3, -0.25) is 4.79 Å². The quantitative estimate of drug-likeness (QED) is 0.723. The highest BCUT2D eigenvalue weighted by atomic mass is 32.2. The number of sulfonamides is 1. The van der Waals surface area contributed by atoms with Crippen LogP contribution < -0.4 is 4.72 Å². The molecule has 0 aliphatic rings. The van der Waals surface area contributed by atoms with Crippen molar-refractivity contribution < 1.29 is 26.7 Å². The van der Waals surface area contributed by atoms with Crippen molar-refractivity contribution in [2.24, 2.45) is 0 Å². The summed E-state index contributed by atoms with van der Waals surface area (Å²) < 4.78 is 49.1. The Morgan fingerprint density at radius 1 is 1.14 bits per heavy atom. The van der Waals surface area contributed by atoms with E-state index in [1.54, 1.807) is 0 Å². The number of sulfone groups is 1. The smallest absolute Gasteiger partial charge is 0.321 e. The predicted molar refractivity (Wildman–Crippen MR) is 80.8 cm³/mol. The number of hydrogen-bond donors (Lipinski definition) is 2. The van der Waals surface area contributed by atoms with E-state index in [-0.39, 0.29) is 16.2 Å². The van der Waals surface area contributed by atoms with E-state index in [1.807, 2.05) is 6.92 Å². The minimum atomic E-state index is -4.02. The maximum absolute atomic E-state index is 12.1. The van der Waals surface area contributed by atoms with Crippen molar-refractivity contribution >= 4 is 25.8 Å². The molecule has 1 rings (SSSR count). The molecule has 1 aromatic rings. The van der Waals surface area contributed by atoms with Gasteiger partial charge in [-0.05, 0) is 30.7 Å². The van der Waals surface area contributed by atoms with Crippen LogP contribution in [0.4, 0.5) is 0 Å². The second-order valence-electron chi connectivity index (χ2n) is 4.90. The number of nitrogens with one attached hydrogen (secondary N) is 1. The number of unbranched alkanes of at least 4 members (excludes halogenated alkanes) is 1. The normalized spacial score (nSPS) is 13.7. The Bertz CT molecular complexity index is 722. The standard InChI is InChI=1S/C13H19NO6S2/c1-3-4-5-12(13(15)16)14-22(19,20)11-8-6-10(7-9-11)21(2,17)18/h6-9,12,14H,3-5H2,1-2H3,(H,15,16). The summed E-state index contributed by atoms with van der Waals surface area (Å²) in [5.41, 5.74) is 0. The van der Waals surface area contributed by atoms with Crippen LogP contribution in [0, 0.1) is 0 Å². The van der Waals surface area contributed by atoms with Crippen LogP contribution in [0.3, 0.4) is 0 Å². The zero-order valence-electron chi connectivity index (χ0n) is 12.3. The second-order valence-corrected chi connectivity index (χ2v) is 8.63. The lowest BCUT2D eigenvalue weighted by Crippen LogP contribution is -2.40. The van der Waals surface area contributed by atoms with E-state index in [9.17, 15) is 21.6 Å². The van der Waals surface area contributed by atoms with E-state index in [2.05, 4.69) is 4.72 Å². The van der Waals surface area contributed by atoms with Crippen LogP contribution >= 0.6 is 0 Å². The third-order valence-electron chi connectivity index (χ3n) is 3.00. The first-order chi connectivity index (χ1) is 10.1. The maximum Gasteiger partial charge on any atom is 0.321 e. The molecule has 0 saturated carbocycles. The summed E-state index contributed by atoms with van der Waals surface area (Å²) in [6, 6.07) is 3.41. The maximum atomic E-state index is 12.1. The lowest BCUT2D eigenvalue weighted by molar-refractivity contribution is -0.139. The number of carboxylic acid groups (broad SMARTS) is 1. The fourth-order valence-corrected chi connectivity index (χ4v) is 3.62. The molecule has 7 nitrogen and oxygen atoms in total. The lowest BCUT2D eigenvalue weighted by Gasteiger charge is -2.14. The molecule has 0 saturated heterocycles. The first-order valence-corrected chi connectivity index (χ1v) is 10.0. The first kappa shape index (κ1) is 18.6. The number of rotatable bonds is 8. The molecule has 1 aromatic carbocycles. The van der Waals surface area contributed by atoms with Gasteiger partial charge in [0.15, 0.2) is 9.84 Å². The van der Waals surface area contributed by atoms with Gasteiger partial charge in [-0.25, -0.2) is 16.8 Å². The molecule has 0 amide bonds. The van der Waals surface area contributed by atoms with Crippen molar-refractivity contribution in [3.63, 3.8) is 0 Å². The number of benzene rings is 1. The van der Waals surface area contributed by atoms with Crippen molar-refractivity contribution in [1.29, 1.82) is 0 Å². The molecule has 124 valence electrons. The molecule has 0 heterocycles. The Hall–Kier alpha value is -1.45. The van der Waals surface area contributed by atoms with E-state index >= 15 is 0 Å². The van der Waals surface area contributed by atoms with Crippen LogP contribution in [-0.2, 0) is 24.7 Å². The molecule has 9 heteroatoms. The predicted octanol–water partition coefficient (Wildman–Crippen LogP) is 1.01. The Morgan fingerprint density at radius 2 is 1.64 bits per heavy atom. The highest BCUT2D eigenvalue weighted by Crippen LogP contribution is 2.15. The summed E-state index contributed by atoms with van der Waals surface area (Å²) in [4.78, 5) is 10.9. The molecular weight excluding hydrogens is 330 g/mol. The molecule has 0 aromatic heterocycles. The van der Waals surface area contributed by atoms with E-state index in [1.165, 1.54) is 12.1 Å². The highest BCUT2D eigenvalue weighted by Gasteiger charge is 2.25. The van der Waals surface area contributed by atoms with Crippen LogP contribution in [0.25, 0.3) is 0 Å². The number of aliphatic carboxylic acids is 1. The van der Waals surface area contributed by atoms with E-state index in [4.69, 9.17) is 5.11 Å². The molecular formula is C13H19NO6S2. The fourth-order valence-electron chi connectivity index (χ4n) is 1.76. The van der Waals surface area contributed by atoms with Gasteiger partial charge in [-0.15, -0.1) is 0 Å². The molecule has 0 fully saturated rings. The summed E-state index contributed by atoms with van der Waals surface area (Å²) in [5, 5.41) is 9.05. The third kappa shape index (κ3) is 5.08. The molecule has 22 heavy (non-hydrogen) atoms. The van der Waals surface area contributed by atoms with Crippen LogP contribution in [0.2, 0.25) is 0 Å². The summed E-state index contributed by atoms with van der Waals surface area (Å²) in [6.45, 7) is 1.87. The van der Waals surface area contributed by atoms with Gasteiger partial charge in [0.2, 0.25) is 10.0 Å². The summed E-state index contributed by atoms with van der Waals surface area (Å²) in [6.07, 6.45) is 2.52. The average Bonchev–Trinajstić information content (AvgIpc) is 2.42. The Morgan fingerprint density at radius 3 is 2.05 bits per heavy atom. The first-order valence-electron chi connectivity index (χ1n) is 6.63. The molecule has 0 aliphatic heterocycles. The summed E-state index contributed by atoms with van der Waals surface area (Å²) >= 11 is 0. The van der Waals surface area contributed by atoms with Crippen LogP contribution in [0.5, 0.6) is 0 Å². The van der Waals surface area contributed by atoms with E-state index < -0.39 is 31.9 Å². The largest absolute Gasteiger partial charge is 0.480 e. The molecule has 0 radical (unpaired) electrons. The summed E-state index contributed by atoms with van der Waals surface area (Å²) in [7, 11) is -7.45. The average molecular weight is 349 g/mol. The third-order valence-corrected chi connectivity index (χ3v) is 5.62. The van der Waals surface area contributed by atoms with Gasteiger partial charge in [-0.2, -0.15) is 4.72 Å². The molecule has 2 N–H and O–H groups in total. The van der Waals surface area contributed by atoms with Crippen LogP contribution in [-0.4, -0.2) is 40.2 Å². The van der Waals surface area contributed by atoms with Crippen molar-refractivity contribution in [2.45, 2.75) is 42.0 Å². The van der Waals surface area contributed by atoms with Gasteiger partial charge in [0.05, 0.1) is 9.79 Å².